The molecule has 0 heterocycles. The number of rotatable bonds is 4. The predicted molar refractivity (Wildman–Crippen MR) is 63.0 cm³/mol. The quantitative estimate of drug-likeness (QED) is 0.678. The second-order valence-electron chi connectivity index (χ2n) is 4.68. The Labute approximate surface area is 101 Å². The molecule has 1 amide bonds. The number of aliphatic carboxylic acids is 1. The molecular formula is C12H18N2O3. The first-order valence-corrected chi connectivity index (χ1v) is 5.62. The van der Waals surface area contributed by atoms with Crippen LogP contribution in [0, 0.1) is 17.8 Å². The number of hydrogen-bond donors (Lipinski definition) is 2. The molecule has 3 N–H and O–H groups in total. The topological polar surface area (TPSA) is 83.6 Å². The first-order valence-electron chi connectivity index (χ1n) is 5.62. The Kier molecular flexibility index (Phi) is 4.13. The molecule has 2 atom stereocenters. The summed E-state index contributed by atoms with van der Waals surface area (Å²) in [4.78, 5) is 24.2. The summed E-state index contributed by atoms with van der Waals surface area (Å²) in [5.41, 5.74) is 5.26. The standard InChI is InChI=1S/C12H18N2O3/c1-3-7-14(8-10(15)16)11(17)12(2)6-4-5-9(12)13/h1,9H,4-8,13H2,2H3,(H,15,16). The van der Waals surface area contributed by atoms with Gasteiger partial charge < -0.3 is 15.7 Å². The maximum absolute atomic E-state index is 12.3. The van der Waals surface area contributed by atoms with E-state index in [9.17, 15) is 9.59 Å². The number of carboxylic acid groups (broad SMARTS) is 1. The smallest absolute Gasteiger partial charge is 0.323 e. The van der Waals surface area contributed by atoms with Crippen LogP contribution in [-0.4, -0.2) is 41.0 Å². The van der Waals surface area contributed by atoms with E-state index in [0.717, 1.165) is 12.8 Å². The van der Waals surface area contributed by atoms with Crippen molar-refractivity contribution in [2.75, 3.05) is 13.1 Å². The Hall–Kier alpha value is -1.54. The minimum Gasteiger partial charge on any atom is -0.480 e. The van der Waals surface area contributed by atoms with E-state index in [4.69, 9.17) is 17.3 Å². The molecule has 1 rings (SSSR count). The number of nitrogens with zero attached hydrogens (tertiary/aromatic N) is 1. The van der Waals surface area contributed by atoms with Crippen molar-refractivity contribution in [3.05, 3.63) is 0 Å². The van der Waals surface area contributed by atoms with Crippen LogP contribution in [0.2, 0.25) is 0 Å². The summed E-state index contributed by atoms with van der Waals surface area (Å²) in [6, 6.07) is -0.218. The van der Waals surface area contributed by atoms with E-state index in [1.54, 1.807) is 6.92 Å². The molecule has 2 unspecified atom stereocenters. The second kappa shape index (κ2) is 5.19. The molecule has 0 bridgehead atoms. The van der Waals surface area contributed by atoms with Gasteiger partial charge in [0, 0.05) is 6.04 Å². The van der Waals surface area contributed by atoms with Gasteiger partial charge in [0.15, 0.2) is 0 Å². The normalized spacial score (nSPS) is 27.5. The first-order chi connectivity index (χ1) is 7.91. The van der Waals surface area contributed by atoms with Crippen LogP contribution in [0.15, 0.2) is 0 Å². The number of nitrogens with two attached hydrogens (primary N) is 1. The number of terminal acetylenes is 1. The molecule has 0 aliphatic heterocycles. The molecule has 17 heavy (non-hydrogen) atoms. The van der Waals surface area contributed by atoms with Crippen LogP contribution in [-0.2, 0) is 9.59 Å². The highest BCUT2D eigenvalue weighted by Gasteiger charge is 2.45. The molecule has 0 aromatic heterocycles. The van der Waals surface area contributed by atoms with E-state index in [1.807, 2.05) is 0 Å². The molecule has 1 saturated carbocycles. The van der Waals surface area contributed by atoms with Crippen LogP contribution < -0.4 is 5.73 Å². The van der Waals surface area contributed by atoms with Gasteiger partial charge in [0.1, 0.15) is 6.54 Å². The summed E-state index contributed by atoms with van der Waals surface area (Å²) in [5.74, 6) is 0.997. The maximum atomic E-state index is 12.3. The van der Waals surface area contributed by atoms with Crippen LogP contribution in [0.5, 0.6) is 0 Å². The van der Waals surface area contributed by atoms with Gasteiger partial charge in [0.2, 0.25) is 5.91 Å². The van der Waals surface area contributed by atoms with Crippen molar-refractivity contribution in [3.8, 4) is 12.3 Å². The zero-order valence-electron chi connectivity index (χ0n) is 9.98. The highest BCUT2D eigenvalue weighted by molar-refractivity contribution is 5.86. The largest absolute Gasteiger partial charge is 0.480 e. The van der Waals surface area contributed by atoms with Gasteiger partial charge in [-0.15, -0.1) is 6.42 Å². The molecule has 0 radical (unpaired) electrons. The zero-order valence-corrected chi connectivity index (χ0v) is 9.98. The number of amides is 1. The van der Waals surface area contributed by atoms with Gasteiger partial charge in [-0.1, -0.05) is 12.3 Å². The van der Waals surface area contributed by atoms with Crippen molar-refractivity contribution in [3.63, 3.8) is 0 Å². The van der Waals surface area contributed by atoms with Crippen molar-refractivity contribution in [2.24, 2.45) is 11.1 Å². The van der Waals surface area contributed by atoms with Gasteiger partial charge in [-0.2, -0.15) is 0 Å². The number of carbonyl (C=O) groups is 2. The minimum atomic E-state index is -1.07. The molecule has 1 aliphatic rings. The summed E-state index contributed by atoms with van der Waals surface area (Å²) < 4.78 is 0. The molecule has 0 aromatic rings. The maximum Gasteiger partial charge on any atom is 0.323 e. The lowest BCUT2D eigenvalue weighted by Crippen LogP contribution is -2.50. The molecule has 1 fully saturated rings. The van der Waals surface area contributed by atoms with Crippen molar-refractivity contribution in [2.45, 2.75) is 32.2 Å². The average molecular weight is 238 g/mol. The average Bonchev–Trinajstić information content (AvgIpc) is 2.58. The molecule has 94 valence electrons. The number of carboxylic acids is 1. The fourth-order valence-corrected chi connectivity index (χ4v) is 2.29. The lowest BCUT2D eigenvalue weighted by molar-refractivity contribution is -0.149. The number of hydrogen-bond acceptors (Lipinski definition) is 3. The van der Waals surface area contributed by atoms with Gasteiger partial charge >= 0.3 is 5.97 Å². The van der Waals surface area contributed by atoms with Gasteiger partial charge in [-0.3, -0.25) is 9.59 Å². The lowest BCUT2D eigenvalue weighted by atomic mass is 9.83. The molecular weight excluding hydrogens is 220 g/mol. The number of carbonyl (C=O) groups excluding carboxylic acids is 1. The Bertz CT molecular complexity index is 361. The van der Waals surface area contributed by atoms with Crippen molar-refractivity contribution < 1.29 is 14.7 Å². The van der Waals surface area contributed by atoms with Crippen LogP contribution in [0.1, 0.15) is 26.2 Å². The molecule has 0 spiro atoms. The Morgan fingerprint density at radius 2 is 2.29 bits per heavy atom. The third-order valence-electron chi connectivity index (χ3n) is 3.41. The lowest BCUT2D eigenvalue weighted by Gasteiger charge is -2.32. The second-order valence-corrected chi connectivity index (χ2v) is 4.68. The summed E-state index contributed by atoms with van der Waals surface area (Å²) >= 11 is 0. The summed E-state index contributed by atoms with van der Waals surface area (Å²) in [6.45, 7) is 1.43. The van der Waals surface area contributed by atoms with Crippen LogP contribution in [0.4, 0.5) is 0 Å². The highest BCUT2D eigenvalue weighted by Crippen LogP contribution is 2.38. The van der Waals surface area contributed by atoms with E-state index >= 15 is 0 Å². The Morgan fingerprint density at radius 1 is 1.65 bits per heavy atom. The Morgan fingerprint density at radius 3 is 2.71 bits per heavy atom. The summed E-state index contributed by atoms with van der Waals surface area (Å²) in [7, 11) is 0. The Balaban J connectivity index is 2.84. The van der Waals surface area contributed by atoms with Crippen LogP contribution >= 0.6 is 0 Å². The van der Waals surface area contributed by atoms with E-state index < -0.39 is 11.4 Å². The van der Waals surface area contributed by atoms with Gasteiger partial charge in [-0.25, -0.2) is 0 Å². The molecule has 0 saturated heterocycles. The highest BCUT2D eigenvalue weighted by atomic mass is 16.4. The van der Waals surface area contributed by atoms with Gasteiger partial charge in [-0.05, 0) is 19.8 Å². The third kappa shape index (κ3) is 2.77. The first kappa shape index (κ1) is 13.5. The fraction of sp³-hybridized carbons (Fsp3) is 0.667. The molecule has 5 nitrogen and oxygen atoms in total. The van der Waals surface area contributed by atoms with Gasteiger partial charge in [0.05, 0.1) is 12.0 Å². The van der Waals surface area contributed by atoms with Crippen molar-refractivity contribution in [1.29, 1.82) is 0 Å². The summed E-state index contributed by atoms with van der Waals surface area (Å²) in [5, 5.41) is 8.76. The predicted octanol–water partition coefficient (Wildman–Crippen LogP) is 0.0503. The van der Waals surface area contributed by atoms with E-state index in [0.29, 0.717) is 6.42 Å². The van der Waals surface area contributed by atoms with Crippen molar-refractivity contribution >= 4 is 11.9 Å². The van der Waals surface area contributed by atoms with Crippen LogP contribution in [0.3, 0.4) is 0 Å². The van der Waals surface area contributed by atoms with E-state index in [-0.39, 0.29) is 25.0 Å². The van der Waals surface area contributed by atoms with Gasteiger partial charge in [0.25, 0.3) is 0 Å². The van der Waals surface area contributed by atoms with E-state index in [1.165, 1.54) is 4.90 Å². The molecule has 0 aromatic carbocycles. The third-order valence-corrected chi connectivity index (χ3v) is 3.41. The van der Waals surface area contributed by atoms with Crippen LogP contribution in [0.25, 0.3) is 0 Å². The zero-order chi connectivity index (χ0) is 13.1. The summed E-state index contributed by atoms with van der Waals surface area (Å²) in [6.07, 6.45) is 7.52. The van der Waals surface area contributed by atoms with Crippen molar-refractivity contribution in [1.82, 2.24) is 4.90 Å². The molecule has 5 heteroatoms. The fourth-order valence-electron chi connectivity index (χ4n) is 2.29. The molecule has 1 aliphatic carbocycles. The SMILES string of the molecule is C#CCN(CC(=O)O)C(=O)C1(C)CCCC1N. The minimum absolute atomic E-state index is 0.00738. The van der Waals surface area contributed by atoms with E-state index in [2.05, 4.69) is 5.92 Å². The monoisotopic (exact) mass is 238 g/mol.